The molecule has 0 saturated carbocycles. The maximum atomic E-state index is 12.9. The van der Waals surface area contributed by atoms with Gasteiger partial charge in [-0.25, -0.2) is 14.3 Å². The van der Waals surface area contributed by atoms with Gasteiger partial charge < -0.3 is 19.5 Å². The van der Waals surface area contributed by atoms with Gasteiger partial charge in [-0.15, -0.1) is 16.4 Å². The number of nitrogens with one attached hydrogen (secondary N) is 1. The second-order valence-corrected chi connectivity index (χ2v) is 7.56. The van der Waals surface area contributed by atoms with E-state index in [9.17, 15) is 24.5 Å². The van der Waals surface area contributed by atoms with Crippen molar-refractivity contribution in [3.05, 3.63) is 32.3 Å². The molecule has 0 spiro atoms. The first-order chi connectivity index (χ1) is 15.2. The van der Waals surface area contributed by atoms with E-state index >= 15 is 0 Å². The van der Waals surface area contributed by atoms with Crippen LogP contribution in [0, 0.1) is 17.0 Å². The first-order valence-corrected chi connectivity index (χ1v) is 10.5. The monoisotopic (exact) mass is 468 g/mol. The average molecular weight is 468 g/mol. The summed E-state index contributed by atoms with van der Waals surface area (Å²) in [5.41, 5.74) is -0.0162. The molecule has 0 aromatic carbocycles. The van der Waals surface area contributed by atoms with Crippen molar-refractivity contribution >= 4 is 39.9 Å². The van der Waals surface area contributed by atoms with Crippen molar-refractivity contribution in [2.24, 2.45) is 0 Å². The summed E-state index contributed by atoms with van der Waals surface area (Å²) in [6.07, 6.45) is 1.67. The fourth-order valence-electron chi connectivity index (χ4n) is 2.68. The first kappa shape index (κ1) is 24.8. The van der Waals surface area contributed by atoms with Gasteiger partial charge in [0.05, 0.1) is 30.8 Å². The zero-order chi connectivity index (χ0) is 24.0. The molecule has 0 bridgehead atoms. The number of anilines is 1. The number of esters is 2. The third-order valence-corrected chi connectivity index (χ3v) is 5.52. The number of ether oxygens (including phenoxy) is 3. The van der Waals surface area contributed by atoms with Crippen molar-refractivity contribution in [2.75, 3.05) is 25.6 Å². The van der Waals surface area contributed by atoms with Gasteiger partial charge in [0.25, 0.3) is 0 Å². The van der Waals surface area contributed by atoms with Crippen LogP contribution < -0.4 is 10.1 Å². The van der Waals surface area contributed by atoms with Crippen LogP contribution in [0.1, 0.15) is 58.8 Å². The highest BCUT2D eigenvalue weighted by Crippen LogP contribution is 2.35. The van der Waals surface area contributed by atoms with Gasteiger partial charge in [-0.05, 0) is 32.8 Å². The van der Waals surface area contributed by atoms with Crippen LogP contribution in [0.3, 0.4) is 0 Å². The van der Waals surface area contributed by atoms with Crippen LogP contribution in [-0.4, -0.2) is 52.9 Å². The first-order valence-electron chi connectivity index (χ1n) is 9.72. The molecule has 1 N–H and O–H groups in total. The van der Waals surface area contributed by atoms with E-state index in [1.54, 1.807) is 13.8 Å². The smallest absolute Gasteiger partial charge is 0.350 e. The minimum atomic E-state index is -0.995. The number of nitro groups is 1. The zero-order valence-electron chi connectivity index (χ0n) is 18.3. The van der Waals surface area contributed by atoms with Gasteiger partial charge in [-0.2, -0.15) is 0 Å². The molecule has 0 radical (unpaired) electrons. The summed E-state index contributed by atoms with van der Waals surface area (Å²) in [5.74, 6) is -2.17. The maximum absolute atomic E-state index is 12.9. The van der Waals surface area contributed by atoms with E-state index in [0.29, 0.717) is 12.0 Å². The Kier molecular flexibility index (Phi) is 8.29. The lowest BCUT2D eigenvalue weighted by Crippen LogP contribution is -2.24. The molecule has 0 aliphatic heterocycles. The molecule has 1 unspecified atom stereocenters. The topological polar surface area (TPSA) is 152 Å². The zero-order valence-corrected chi connectivity index (χ0v) is 19.1. The summed E-state index contributed by atoms with van der Waals surface area (Å²) in [4.78, 5) is 48.3. The Balaban J connectivity index is 2.38. The molecule has 0 saturated heterocycles. The molecule has 2 rings (SSSR count). The van der Waals surface area contributed by atoms with Gasteiger partial charge in [0.15, 0.2) is 0 Å². The van der Waals surface area contributed by atoms with E-state index in [1.165, 1.54) is 14.0 Å². The van der Waals surface area contributed by atoms with E-state index in [-0.39, 0.29) is 34.5 Å². The summed E-state index contributed by atoms with van der Waals surface area (Å²) in [5, 5.41) is 17.7. The lowest BCUT2D eigenvalue weighted by atomic mass is 10.1. The molecule has 32 heavy (non-hydrogen) atoms. The minimum absolute atomic E-state index is 0.0519. The Morgan fingerprint density at radius 1 is 1.28 bits per heavy atom. The number of hydrogen-bond donors (Lipinski definition) is 1. The van der Waals surface area contributed by atoms with Crippen LogP contribution in [0.2, 0.25) is 0 Å². The standard InChI is InChI=1S/C19H24N4O8S/c1-6-8-31-18(25)13-10(3)14(19(26)30-7-2)32-17(13)20-15(24)11(4)22-9-12(23(27)28)16(21-22)29-5/h9,11H,6-8H2,1-5H3,(H,20,24). The predicted octanol–water partition coefficient (Wildman–Crippen LogP) is 3.11. The number of nitrogens with zero attached hydrogens (tertiary/aromatic N) is 3. The van der Waals surface area contributed by atoms with E-state index in [1.807, 2.05) is 6.92 Å². The molecule has 2 aromatic heterocycles. The Bertz CT molecular complexity index is 1030. The van der Waals surface area contributed by atoms with E-state index in [4.69, 9.17) is 14.2 Å². The number of hydrogen-bond acceptors (Lipinski definition) is 10. The fraction of sp³-hybridized carbons (Fsp3) is 0.474. The highest BCUT2D eigenvalue weighted by atomic mass is 32.1. The Morgan fingerprint density at radius 3 is 2.50 bits per heavy atom. The molecule has 12 nitrogen and oxygen atoms in total. The van der Waals surface area contributed by atoms with Crippen molar-refractivity contribution in [3.8, 4) is 5.88 Å². The molecule has 0 aliphatic carbocycles. The lowest BCUT2D eigenvalue weighted by molar-refractivity contribution is -0.385. The Morgan fingerprint density at radius 2 is 1.97 bits per heavy atom. The van der Waals surface area contributed by atoms with Crippen molar-refractivity contribution in [3.63, 3.8) is 0 Å². The molecular weight excluding hydrogens is 444 g/mol. The molecule has 0 aliphatic rings. The number of aromatic nitrogens is 2. The average Bonchev–Trinajstić information content (AvgIpc) is 3.33. The molecule has 0 fully saturated rings. The molecular formula is C19H24N4O8S. The van der Waals surface area contributed by atoms with Crippen LogP contribution in [0.5, 0.6) is 5.88 Å². The summed E-state index contributed by atoms with van der Waals surface area (Å²) in [7, 11) is 1.23. The van der Waals surface area contributed by atoms with Crippen molar-refractivity contribution in [1.29, 1.82) is 0 Å². The second-order valence-electron chi connectivity index (χ2n) is 6.54. The number of amides is 1. The SMILES string of the molecule is CCCOC(=O)c1c(NC(=O)C(C)n2cc([N+](=O)[O-])c(OC)n2)sc(C(=O)OCC)c1C. The maximum Gasteiger partial charge on any atom is 0.350 e. The predicted molar refractivity (Wildman–Crippen MR) is 114 cm³/mol. The van der Waals surface area contributed by atoms with E-state index < -0.39 is 34.5 Å². The Labute approximate surface area is 187 Å². The number of carbonyl (C=O) groups is 3. The van der Waals surface area contributed by atoms with Crippen LogP contribution >= 0.6 is 11.3 Å². The summed E-state index contributed by atoms with van der Waals surface area (Å²) >= 11 is 0.885. The largest absolute Gasteiger partial charge is 0.475 e. The van der Waals surface area contributed by atoms with Crippen molar-refractivity contribution in [1.82, 2.24) is 9.78 Å². The normalized spacial score (nSPS) is 11.5. The second kappa shape index (κ2) is 10.7. The van der Waals surface area contributed by atoms with Crippen molar-refractivity contribution < 1.29 is 33.5 Å². The summed E-state index contributed by atoms with van der Waals surface area (Å²) in [6.45, 7) is 6.83. The van der Waals surface area contributed by atoms with Crippen LogP contribution in [0.4, 0.5) is 10.7 Å². The lowest BCUT2D eigenvalue weighted by Gasteiger charge is -2.12. The highest BCUT2D eigenvalue weighted by Gasteiger charge is 2.30. The van der Waals surface area contributed by atoms with Gasteiger partial charge in [0.1, 0.15) is 22.1 Å². The molecule has 174 valence electrons. The van der Waals surface area contributed by atoms with Gasteiger partial charge in [0.2, 0.25) is 5.91 Å². The van der Waals surface area contributed by atoms with Gasteiger partial charge in [-0.3, -0.25) is 14.9 Å². The number of rotatable bonds is 10. The molecule has 2 heterocycles. The third kappa shape index (κ3) is 5.22. The molecule has 1 amide bonds. The molecule has 2 aromatic rings. The van der Waals surface area contributed by atoms with Crippen LogP contribution in [-0.2, 0) is 14.3 Å². The number of thiophene rings is 1. The number of carbonyl (C=O) groups excluding carboxylic acids is 3. The van der Waals surface area contributed by atoms with E-state index in [2.05, 4.69) is 10.4 Å². The summed E-state index contributed by atoms with van der Waals surface area (Å²) in [6, 6.07) is -0.995. The summed E-state index contributed by atoms with van der Waals surface area (Å²) < 4.78 is 16.2. The highest BCUT2D eigenvalue weighted by molar-refractivity contribution is 7.18. The van der Waals surface area contributed by atoms with Crippen molar-refractivity contribution in [2.45, 2.75) is 40.2 Å². The van der Waals surface area contributed by atoms with Gasteiger partial charge in [0, 0.05) is 0 Å². The van der Waals surface area contributed by atoms with Gasteiger partial charge >= 0.3 is 23.5 Å². The third-order valence-electron chi connectivity index (χ3n) is 4.33. The molecule has 13 heteroatoms. The Hall–Kier alpha value is -3.48. The number of methoxy groups -OCH3 is 1. The minimum Gasteiger partial charge on any atom is -0.475 e. The van der Waals surface area contributed by atoms with E-state index in [0.717, 1.165) is 22.2 Å². The quantitative estimate of drug-likeness (QED) is 0.315. The molecule has 1 atom stereocenters. The van der Waals surface area contributed by atoms with Crippen LogP contribution in [0.15, 0.2) is 6.20 Å². The fourth-order valence-corrected chi connectivity index (χ4v) is 3.77. The van der Waals surface area contributed by atoms with Gasteiger partial charge in [-0.1, -0.05) is 6.92 Å². The van der Waals surface area contributed by atoms with Crippen LogP contribution in [0.25, 0.3) is 0 Å².